The van der Waals surface area contributed by atoms with E-state index in [4.69, 9.17) is 21.6 Å². The summed E-state index contributed by atoms with van der Waals surface area (Å²) < 4.78 is 5.17. The van der Waals surface area contributed by atoms with E-state index < -0.39 is 5.91 Å². The number of nitriles is 1. The fourth-order valence-electron chi connectivity index (χ4n) is 1.48. The van der Waals surface area contributed by atoms with Crippen LogP contribution in [-0.4, -0.2) is 19.6 Å². The fourth-order valence-corrected chi connectivity index (χ4v) is 1.66. The lowest BCUT2D eigenvalue weighted by Crippen LogP contribution is -2.28. The van der Waals surface area contributed by atoms with E-state index in [1.54, 1.807) is 18.2 Å². The highest BCUT2D eigenvalue weighted by Crippen LogP contribution is 2.27. The summed E-state index contributed by atoms with van der Waals surface area (Å²) in [6.07, 6.45) is 1.34. The number of hydrogen-bond acceptors (Lipinski definition) is 4. The predicted octanol–water partition coefficient (Wildman–Crippen LogP) is 2.94. The number of nitrogens with one attached hydrogen (secondary N) is 2. The van der Waals surface area contributed by atoms with Crippen LogP contribution in [0, 0.1) is 17.2 Å². The maximum absolute atomic E-state index is 11.8. The lowest BCUT2D eigenvalue weighted by Gasteiger charge is -2.10. The van der Waals surface area contributed by atoms with Crippen LogP contribution in [0.25, 0.3) is 0 Å². The van der Waals surface area contributed by atoms with Gasteiger partial charge in [0.2, 0.25) is 0 Å². The average Bonchev–Trinajstić information content (AvgIpc) is 2.45. The summed E-state index contributed by atoms with van der Waals surface area (Å²) in [5.74, 6) is 0.463. The van der Waals surface area contributed by atoms with Crippen LogP contribution in [0.5, 0.6) is 5.75 Å². The Balaban J connectivity index is 2.84. The Morgan fingerprint density at radius 2 is 2.24 bits per heavy atom. The van der Waals surface area contributed by atoms with Gasteiger partial charge in [-0.05, 0) is 24.1 Å². The molecule has 0 heterocycles. The Morgan fingerprint density at radius 3 is 2.81 bits per heavy atom. The summed E-state index contributed by atoms with van der Waals surface area (Å²) in [5.41, 5.74) is 0.562. The van der Waals surface area contributed by atoms with Gasteiger partial charge >= 0.3 is 0 Å². The van der Waals surface area contributed by atoms with Gasteiger partial charge in [0.1, 0.15) is 17.4 Å². The zero-order chi connectivity index (χ0) is 15.8. The van der Waals surface area contributed by atoms with Crippen molar-refractivity contribution in [3.63, 3.8) is 0 Å². The maximum Gasteiger partial charge on any atom is 0.263 e. The van der Waals surface area contributed by atoms with Crippen molar-refractivity contribution >= 4 is 23.2 Å². The minimum absolute atomic E-state index is 0.0160. The standard InChI is InChI=1S/C15H18ClN3O2/c1-10(2)8-19-15(20)11(7-17)9-18-13-6-12(16)4-5-14(13)21-3/h4-6,9-10,18H,8H2,1-3H3,(H,19,20)/b11-9-. The van der Waals surface area contributed by atoms with E-state index in [-0.39, 0.29) is 5.57 Å². The monoisotopic (exact) mass is 307 g/mol. The molecule has 0 aliphatic rings. The molecule has 1 amide bonds. The Morgan fingerprint density at radius 1 is 1.52 bits per heavy atom. The molecule has 2 N–H and O–H groups in total. The molecule has 5 nitrogen and oxygen atoms in total. The first-order valence-corrected chi connectivity index (χ1v) is 6.84. The van der Waals surface area contributed by atoms with Crippen molar-refractivity contribution in [2.45, 2.75) is 13.8 Å². The van der Waals surface area contributed by atoms with Crippen LogP contribution in [0.2, 0.25) is 5.02 Å². The number of halogens is 1. The Bertz CT molecular complexity index is 577. The largest absolute Gasteiger partial charge is 0.495 e. The first-order valence-electron chi connectivity index (χ1n) is 6.46. The summed E-state index contributed by atoms with van der Waals surface area (Å²) >= 11 is 5.91. The summed E-state index contributed by atoms with van der Waals surface area (Å²) in [5, 5.41) is 15.1. The third-order valence-corrected chi connectivity index (χ3v) is 2.80. The van der Waals surface area contributed by atoms with Crippen LogP contribution in [0.4, 0.5) is 5.69 Å². The van der Waals surface area contributed by atoms with Gasteiger partial charge in [0.15, 0.2) is 0 Å². The third-order valence-electron chi connectivity index (χ3n) is 2.57. The number of hydrogen-bond donors (Lipinski definition) is 2. The Labute approximate surface area is 129 Å². The van der Waals surface area contributed by atoms with E-state index >= 15 is 0 Å². The van der Waals surface area contributed by atoms with Crippen LogP contribution in [0.1, 0.15) is 13.8 Å². The van der Waals surface area contributed by atoms with Crippen molar-refractivity contribution in [2.24, 2.45) is 5.92 Å². The van der Waals surface area contributed by atoms with Gasteiger partial charge in [-0.2, -0.15) is 5.26 Å². The zero-order valence-corrected chi connectivity index (χ0v) is 13.0. The number of amides is 1. The minimum atomic E-state index is -0.417. The second kappa shape index (κ2) is 8.18. The molecule has 0 aliphatic heterocycles. The van der Waals surface area contributed by atoms with Gasteiger partial charge < -0.3 is 15.4 Å². The molecule has 1 aromatic rings. The molecule has 0 bridgehead atoms. The number of benzene rings is 1. The molecule has 0 atom stereocenters. The number of nitrogens with zero attached hydrogens (tertiary/aromatic N) is 1. The quantitative estimate of drug-likeness (QED) is 0.626. The number of ether oxygens (including phenoxy) is 1. The summed E-state index contributed by atoms with van der Waals surface area (Å²) in [7, 11) is 1.53. The van der Waals surface area contributed by atoms with Crippen molar-refractivity contribution in [2.75, 3.05) is 19.0 Å². The van der Waals surface area contributed by atoms with Gasteiger partial charge in [0, 0.05) is 17.8 Å². The molecule has 6 heteroatoms. The van der Waals surface area contributed by atoms with Gasteiger partial charge in [-0.15, -0.1) is 0 Å². The van der Waals surface area contributed by atoms with Gasteiger partial charge in [-0.25, -0.2) is 0 Å². The summed E-state index contributed by atoms with van der Waals surface area (Å²) in [4.78, 5) is 11.8. The first-order chi connectivity index (χ1) is 9.97. The van der Waals surface area contributed by atoms with E-state index in [0.29, 0.717) is 28.9 Å². The summed E-state index contributed by atoms with van der Waals surface area (Å²) in [6.45, 7) is 4.47. The van der Waals surface area contributed by atoms with E-state index in [0.717, 1.165) is 0 Å². The molecule has 0 radical (unpaired) electrons. The van der Waals surface area contributed by atoms with Gasteiger partial charge in [0.25, 0.3) is 5.91 Å². The van der Waals surface area contributed by atoms with Crippen molar-refractivity contribution < 1.29 is 9.53 Å². The Hall–Kier alpha value is -2.19. The molecule has 21 heavy (non-hydrogen) atoms. The van der Waals surface area contributed by atoms with Crippen LogP contribution >= 0.6 is 11.6 Å². The van der Waals surface area contributed by atoms with Crippen molar-refractivity contribution in [3.05, 3.63) is 35.0 Å². The molecule has 0 spiro atoms. The molecule has 0 unspecified atom stereocenters. The normalized spacial score (nSPS) is 11.0. The van der Waals surface area contributed by atoms with E-state index in [9.17, 15) is 4.79 Å². The minimum Gasteiger partial charge on any atom is -0.495 e. The molecular formula is C15H18ClN3O2. The number of anilines is 1. The molecule has 0 saturated heterocycles. The van der Waals surface area contributed by atoms with Crippen LogP contribution in [0.3, 0.4) is 0 Å². The molecule has 0 fully saturated rings. The van der Waals surface area contributed by atoms with Crippen molar-refractivity contribution in [3.8, 4) is 11.8 Å². The SMILES string of the molecule is COc1ccc(Cl)cc1N/C=C(/C#N)C(=O)NCC(C)C. The number of carbonyl (C=O) groups is 1. The van der Waals surface area contributed by atoms with Gasteiger partial charge in [-0.1, -0.05) is 25.4 Å². The number of carbonyl (C=O) groups excluding carboxylic acids is 1. The maximum atomic E-state index is 11.8. The molecule has 1 aromatic carbocycles. The van der Waals surface area contributed by atoms with Gasteiger partial charge in [-0.3, -0.25) is 4.79 Å². The molecular weight excluding hydrogens is 290 g/mol. The average molecular weight is 308 g/mol. The van der Waals surface area contributed by atoms with E-state index in [1.165, 1.54) is 13.3 Å². The van der Waals surface area contributed by atoms with Crippen LogP contribution < -0.4 is 15.4 Å². The van der Waals surface area contributed by atoms with Gasteiger partial charge in [0.05, 0.1) is 12.8 Å². The zero-order valence-electron chi connectivity index (χ0n) is 12.2. The number of methoxy groups -OCH3 is 1. The lowest BCUT2D eigenvalue weighted by atomic mass is 10.2. The van der Waals surface area contributed by atoms with Crippen molar-refractivity contribution in [1.82, 2.24) is 5.32 Å². The predicted molar refractivity (Wildman–Crippen MR) is 83.2 cm³/mol. The molecule has 0 saturated carbocycles. The second-order valence-corrected chi connectivity index (χ2v) is 5.20. The molecule has 1 rings (SSSR count). The highest BCUT2D eigenvalue weighted by atomic mass is 35.5. The highest BCUT2D eigenvalue weighted by molar-refractivity contribution is 6.30. The second-order valence-electron chi connectivity index (χ2n) is 4.76. The first kappa shape index (κ1) is 16.9. The van der Waals surface area contributed by atoms with Crippen LogP contribution in [0.15, 0.2) is 30.0 Å². The molecule has 112 valence electrons. The van der Waals surface area contributed by atoms with E-state index in [2.05, 4.69) is 10.6 Å². The highest BCUT2D eigenvalue weighted by Gasteiger charge is 2.10. The molecule has 0 aliphatic carbocycles. The van der Waals surface area contributed by atoms with Crippen LogP contribution in [-0.2, 0) is 4.79 Å². The fraction of sp³-hybridized carbons (Fsp3) is 0.333. The lowest BCUT2D eigenvalue weighted by molar-refractivity contribution is -0.117. The molecule has 0 aromatic heterocycles. The topological polar surface area (TPSA) is 74.1 Å². The van der Waals surface area contributed by atoms with Crippen molar-refractivity contribution in [1.29, 1.82) is 5.26 Å². The summed E-state index contributed by atoms with van der Waals surface area (Å²) in [6, 6.07) is 6.90. The number of rotatable bonds is 6. The third kappa shape index (κ3) is 5.36. The smallest absolute Gasteiger partial charge is 0.263 e. The van der Waals surface area contributed by atoms with E-state index in [1.807, 2.05) is 19.9 Å². The Kier molecular flexibility index (Phi) is 6.57.